The molecule has 0 aromatic rings. The molecule has 0 N–H and O–H groups in total. The van der Waals surface area contributed by atoms with Gasteiger partial charge in [0.15, 0.2) is 0 Å². The summed E-state index contributed by atoms with van der Waals surface area (Å²) in [5.74, 6) is 0.386. The van der Waals surface area contributed by atoms with Crippen LogP contribution in [0.1, 0.15) is 32.1 Å². The number of aldehydes is 1. The number of hydrogen-bond donors (Lipinski definition) is 0. The molecule has 0 unspecified atom stereocenters. The lowest BCUT2D eigenvalue weighted by Gasteiger charge is -2.30. The van der Waals surface area contributed by atoms with E-state index in [1.165, 1.54) is 12.8 Å². The third kappa shape index (κ3) is 5.05. The molecule has 0 aliphatic heterocycles. The van der Waals surface area contributed by atoms with Gasteiger partial charge in [-0.15, -0.1) is 0 Å². The Labute approximate surface area is 97.2 Å². The first-order valence-corrected chi connectivity index (χ1v) is 6.00. The Hall–Kier alpha value is -0.450. The molecule has 1 rings (SSSR count). The second-order valence-electron chi connectivity index (χ2n) is 4.17. The first-order chi connectivity index (χ1) is 7.88. The van der Waals surface area contributed by atoms with Gasteiger partial charge in [0, 0.05) is 13.5 Å². The zero-order valence-corrected chi connectivity index (χ0v) is 10.0. The highest BCUT2D eigenvalue weighted by molar-refractivity contribution is 5.49. The van der Waals surface area contributed by atoms with Crippen molar-refractivity contribution < 1.29 is 19.0 Å². The Morgan fingerprint density at radius 3 is 2.81 bits per heavy atom. The second kappa shape index (κ2) is 8.67. The standard InChI is InChI=1S/C12H22O4/c1-14-8-9-15-10-16-12-5-3-2-4-11(12)6-7-13/h7,11-12H,2-6,8-10H2,1H3/t11-,12-/m1/s1. The highest BCUT2D eigenvalue weighted by Crippen LogP contribution is 2.28. The number of ether oxygens (including phenoxy) is 3. The molecule has 1 aliphatic rings. The van der Waals surface area contributed by atoms with Crippen molar-refractivity contribution in [2.24, 2.45) is 5.92 Å². The minimum absolute atomic E-state index is 0.196. The summed E-state index contributed by atoms with van der Waals surface area (Å²) in [6.07, 6.45) is 6.36. The van der Waals surface area contributed by atoms with E-state index in [1.54, 1.807) is 7.11 Å². The van der Waals surface area contributed by atoms with Crippen LogP contribution in [-0.2, 0) is 19.0 Å². The number of methoxy groups -OCH3 is 1. The van der Waals surface area contributed by atoms with Gasteiger partial charge in [-0.25, -0.2) is 0 Å². The maximum Gasteiger partial charge on any atom is 0.147 e. The fraction of sp³-hybridized carbons (Fsp3) is 0.917. The molecule has 0 aromatic carbocycles. The van der Waals surface area contributed by atoms with Gasteiger partial charge in [-0.3, -0.25) is 0 Å². The molecule has 0 heterocycles. The largest absolute Gasteiger partial charge is 0.382 e. The van der Waals surface area contributed by atoms with Gasteiger partial charge in [0.2, 0.25) is 0 Å². The summed E-state index contributed by atoms with van der Waals surface area (Å²) in [5, 5.41) is 0. The van der Waals surface area contributed by atoms with Crippen LogP contribution >= 0.6 is 0 Å². The number of carbonyl (C=O) groups excluding carboxylic acids is 1. The maximum absolute atomic E-state index is 10.5. The molecule has 0 bridgehead atoms. The average molecular weight is 230 g/mol. The third-order valence-corrected chi connectivity index (χ3v) is 3.04. The van der Waals surface area contributed by atoms with Crippen LogP contribution in [0.3, 0.4) is 0 Å². The topological polar surface area (TPSA) is 44.8 Å². The van der Waals surface area contributed by atoms with Gasteiger partial charge in [-0.2, -0.15) is 0 Å². The molecular weight excluding hydrogens is 208 g/mol. The maximum atomic E-state index is 10.5. The molecule has 0 spiro atoms. The van der Waals surface area contributed by atoms with E-state index in [0.29, 0.717) is 32.3 Å². The molecule has 2 atom stereocenters. The lowest BCUT2D eigenvalue weighted by atomic mass is 9.85. The fourth-order valence-electron chi connectivity index (χ4n) is 2.12. The molecule has 4 nitrogen and oxygen atoms in total. The van der Waals surface area contributed by atoms with Gasteiger partial charge in [-0.1, -0.05) is 12.8 Å². The van der Waals surface area contributed by atoms with E-state index in [2.05, 4.69) is 0 Å². The molecule has 1 fully saturated rings. The van der Waals surface area contributed by atoms with Crippen molar-refractivity contribution in [2.45, 2.75) is 38.2 Å². The van der Waals surface area contributed by atoms with Crippen molar-refractivity contribution in [1.29, 1.82) is 0 Å². The predicted octanol–water partition coefficient (Wildman–Crippen LogP) is 1.77. The van der Waals surface area contributed by atoms with Crippen molar-refractivity contribution in [3.63, 3.8) is 0 Å². The molecular formula is C12H22O4. The van der Waals surface area contributed by atoms with Crippen molar-refractivity contribution >= 4 is 6.29 Å². The van der Waals surface area contributed by atoms with E-state index in [-0.39, 0.29) is 6.10 Å². The van der Waals surface area contributed by atoms with E-state index >= 15 is 0 Å². The normalized spacial score (nSPS) is 25.6. The van der Waals surface area contributed by atoms with Crippen molar-refractivity contribution in [2.75, 3.05) is 27.1 Å². The monoisotopic (exact) mass is 230 g/mol. The minimum atomic E-state index is 0.196. The Bertz CT molecular complexity index is 184. The number of carbonyl (C=O) groups is 1. The van der Waals surface area contributed by atoms with Gasteiger partial charge in [0.05, 0.1) is 19.3 Å². The summed E-state index contributed by atoms with van der Waals surface area (Å²) in [6, 6.07) is 0. The zero-order valence-electron chi connectivity index (χ0n) is 10.0. The number of hydrogen-bond acceptors (Lipinski definition) is 4. The first-order valence-electron chi connectivity index (χ1n) is 6.00. The van der Waals surface area contributed by atoms with Gasteiger partial charge in [-0.05, 0) is 18.8 Å². The summed E-state index contributed by atoms with van der Waals surface area (Å²) < 4.78 is 15.8. The van der Waals surface area contributed by atoms with Crippen LogP contribution in [0.4, 0.5) is 0 Å². The quantitative estimate of drug-likeness (QED) is 0.362. The smallest absolute Gasteiger partial charge is 0.147 e. The van der Waals surface area contributed by atoms with Crippen LogP contribution in [0.5, 0.6) is 0 Å². The summed E-state index contributed by atoms with van der Waals surface area (Å²) in [7, 11) is 1.64. The summed E-state index contributed by atoms with van der Waals surface area (Å²) in [4.78, 5) is 10.5. The Kier molecular flexibility index (Phi) is 7.38. The van der Waals surface area contributed by atoms with Crippen molar-refractivity contribution in [1.82, 2.24) is 0 Å². The second-order valence-corrected chi connectivity index (χ2v) is 4.17. The lowest BCUT2D eigenvalue weighted by Crippen LogP contribution is -2.29. The molecule has 0 aromatic heterocycles. The molecule has 4 heteroatoms. The summed E-state index contributed by atoms with van der Waals surface area (Å²) in [5.41, 5.74) is 0. The minimum Gasteiger partial charge on any atom is -0.382 e. The predicted molar refractivity (Wildman–Crippen MR) is 60.2 cm³/mol. The van der Waals surface area contributed by atoms with E-state index in [0.717, 1.165) is 19.1 Å². The van der Waals surface area contributed by atoms with Crippen LogP contribution in [0.15, 0.2) is 0 Å². The molecule has 0 amide bonds. The van der Waals surface area contributed by atoms with Crippen molar-refractivity contribution in [3.05, 3.63) is 0 Å². The average Bonchev–Trinajstić information content (AvgIpc) is 2.31. The van der Waals surface area contributed by atoms with Gasteiger partial charge < -0.3 is 19.0 Å². The Morgan fingerprint density at radius 2 is 2.06 bits per heavy atom. The van der Waals surface area contributed by atoms with E-state index < -0.39 is 0 Å². The van der Waals surface area contributed by atoms with Gasteiger partial charge in [0.1, 0.15) is 13.1 Å². The van der Waals surface area contributed by atoms with Crippen LogP contribution in [0.25, 0.3) is 0 Å². The van der Waals surface area contributed by atoms with Crippen LogP contribution in [-0.4, -0.2) is 39.5 Å². The Balaban J connectivity index is 2.14. The molecule has 1 aliphatic carbocycles. The molecule has 94 valence electrons. The molecule has 0 saturated heterocycles. The van der Waals surface area contributed by atoms with E-state index in [1.807, 2.05) is 0 Å². The first kappa shape index (κ1) is 13.6. The fourth-order valence-corrected chi connectivity index (χ4v) is 2.12. The molecule has 0 radical (unpaired) electrons. The van der Waals surface area contributed by atoms with Gasteiger partial charge in [0.25, 0.3) is 0 Å². The van der Waals surface area contributed by atoms with E-state index in [4.69, 9.17) is 14.2 Å². The van der Waals surface area contributed by atoms with Crippen molar-refractivity contribution in [3.8, 4) is 0 Å². The SMILES string of the molecule is COCCOCO[C@@H]1CCCC[C@@H]1CC=O. The third-order valence-electron chi connectivity index (χ3n) is 3.04. The zero-order chi connectivity index (χ0) is 11.6. The van der Waals surface area contributed by atoms with Gasteiger partial charge >= 0.3 is 0 Å². The van der Waals surface area contributed by atoms with Crippen LogP contribution < -0.4 is 0 Å². The molecule has 1 saturated carbocycles. The number of rotatable bonds is 8. The highest BCUT2D eigenvalue weighted by Gasteiger charge is 2.25. The van der Waals surface area contributed by atoms with Crippen LogP contribution in [0, 0.1) is 5.92 Å². The van der Waals surface area contributed by atoms with E-state index in [9.17, 15) is 4.79 Å². The lowest BCUT2D eigenvalue weighted by molar-refractivity contribution is -0.127. The summed E-state index contributed by atoms with van der Waals surface area (Å²) in [6.45, 7) is 1.46. The Morgan fingerprint density at radius 1 is 1.25 bits per heavy atom. The van der Waals surface area contributed by atoms with Crippen LogP contribution in [0.2, 0.25) is 0 Å². The summed E-state index contributed by atoms with van der Waals surface area (Å²) >= 11 is 0. The molecule has 16 heavy (non-hydrogen) atoms. The highest BCUT2D eigenvalue weighted by atomic mass is 16.7.